The minimum absolute atomic E-state index is 0.0720. The van der Waals surface area contributed by atoms with E-state index in [1.54, 1.807) is 0 Å². The van der Waals surface area contributed by atoms with Crippen LogP contribution in [0.4, 0.5) is 0 Å². The Kier molecular flexibility index (Phi) is 64.1. The summed E-state index contributed by atoms with van der Waals surface area (Å²) in [6.07, 6.45) is 81.7. The number of carbonyl (C=O) groups is 3. The van der Waals surface area contributed by atoms with Gasteiger partial charge in [-0.15, -0.1) is 0 Å². The normalized spacial score (nSPS) is 12.2. The SMILES string of the molecule is CCCCCC/C=C\CCCCCCCC(=O)OCC(COC(=O)CCCCCCCCCCCCCCC/C=C\CCCCCCCCCC)OC(=O)CCCCCCCCCCC/C=C\CCCCCCCCCC. The predicted molar refractivity (Wildman–Crippen MR) is 335 cm³/mol. The van der Waals surface area contributed by atoms with Gasteiger partial charge in [-0.25, -0.2) is 0 Å². The molecule has 0 spiro atoms. The van der Waals surface area contributed by atoms with Gasteiger partial charge in [0.25, 0.3) is 0 Å². The van der Waals surface area contributed by atoms with Crippen molar-refractivity contribution in [2.45, 2.75) is 386 Å². The lowest BCUT2D eigenvalue weighted by Crippen LogP contribution is -2.30. The highest BCUT2D eigenvalue weighted by Crippen LogP contribution is 2.18. The van der Waals surface area contributed by atoms with E-state index in [0.717, 1.165) is 64.2 Å². The van der Waals surface area contributed by atoms with Crippen LogP contribution in [0.3, 0.4) is 0 Å². The molecule has 0 heterocycles. The lowest BCUT2D eigenvalue weighted by Gasteiger charge is -2.18. The quantitative estimate of drug-likeness (QED) is 0.0261. The molecule has 0 aliphatic carbocycles. The summed E-state index contributed by atoms with van der Waals surface area (Å²) in [5, 5.41) is 0. The van der Waals surface area contributed by atoms with Crippen LogP contribution < -0.4 is 0 Å². The number of carbonyl (C=O) groups excluding carboxylic acids is 3. The number of hydrogen-bond donors (Lipinski definition) is 0. The summed E-state index contributed by atoms with van der Waals surface area (Å²) < 4.78 is 17.0. The maximum absolute atomic E-state index is 12.9. The Balaban J connectivity index is 4.25. The summed E-state index contributed by atoms with van der Waals surface area (Å²) in [6.45, 7) is 6.68. The highest BCUT2D eigenvalue weighted by atomic mass is 16.6. The minimum Gasteiger partial charge on any atom is -0.462 e. The third-order valence-electron chi connectivity index (χ3n) is 15.6. The minimum atomic E-state index is -0.776. The van der Waals surface area contributed by atoms with Crippen LogP contribution >= 0.6 is 0 Å². The van der Waals surface area contributed by atoms with Crippen molar-refractivity contribution in [3.63, 3.8) is 0 Å². The first-order chi connectivity index (χ1) is 38.0. The third kappa shape index (κ3) is 64.3. The molecule has 0 aliphatic rings. The van der Waals surface area contributed by atoms with E-state index in [2.05, 4.69) is 57.2 Å². The largest absolute Gasteiger partial charge is 0.462 e. The Morgan fingerprint density at radius 1 is 0.247 bits per heavy atom. The first-order valence-electron chi connectivity index (χ1n) is 34.5. The molecule has 6 nitrogen and oxygen atoms in total. The number of rotatable bonds is 64. The van der Waals surface area contributed by atoms with Crippen molar-refractivity contribution in [3.05, 3.63) is 36.5 Å². The van der Waals surface area contributed by atoms with Crippen molar-refractivity contribution < 1.29 is 28.6 Å². The van der Waals surface area contributed by atoms with Crippen LogP contribution in [-0.4, -0.2) is 37.2 Å². The van der Waals surface area contributed by atoms with Gasteiger partial charge in [-0.3, -0.25) is 14.4 Å². The molecule has 77 heavy (non-hydrogen) atoms. The number of hydrogen-bond acceptors (Lipinski definition) is 6. The fourth-order valence-electron chi connectivity index (χ4n) is 10.4. The van der Waals surface area contributed by atoms with Crippen molar-refractivity contribution >= 4 is 17.9 Å². The second-order valence-corrected chi connectivity index (χ2v) is 23.4. The standard InChI is InChI=1S/C71H132O6/c1-4-7-10-13-16-19-22-25-27-29-31-33-34-35-36-38-39-41-43-46-49-52-55-58-61-64-70(73)76-67-68(66-75-69(72)63-60-57-54-51-48-45-24-21-18-15-12-9-6-3)77-71(74)65-62-59-56-53-50-47-44-42-40-37-32-30-28-26-23-20-17-14-11-8-5-2/h21,24,29-32,68H,4-20,22-23,25-28,33-67H2,1-3H3/b24-21-,31-29-,32-30-. The zero-order valence-corrected chi connectivity index (χ0v) is 52.0. The fourth-order valence-corrected chi connectivity index (χ4v) is 10.4. The highest BCUT2D eigenvalue weighted by Gasteiger charge is 2.19. The summed E-state index contributed by atoms with van der Waals surface area (Å²) in [7, 11) is 0. The molecule has 0 bridgehead atoms. The zero-order chi connectivity index (χ0) is 55.7. The van der Waals surface area contributed by atoms with Gasteiger partial charge >= 0.3 is 17.9 Å². The van der Waals surface area contributed by atoms with Gasteiger partial charge in [0.15, 0.2) is 6.10 Å². The molecule has 0 aliphatic heterocycles. The van der Waals surface area contributed by atoms with Crippen LogP contribution in [-0.2, 0) is 28.6 Å². The summed E-state index contributed by atoms with van der Waals surface area (Å²) in [4.78, 5) is 38.4. The van der Waals surface area contributed by atoms with Gasteiger partial charge < -0.3 is 14.2 Å². The van der Waals surface area contributed by atoms with Crippen LogP contribution in [0.25, 0.3) is 0 Å². The molecule has 0 saturated heterocycles. The second kappa shape index (κ2) is 66.1. The van der Waals surface area contributed by atoms with E-state index < -0.39 is 6.10 Å². The van der Waals surface area contributed by atoms with Crippen molar-refractivity contribution in [1.82, 2.24) is 0 Å². The molecule has 452 valence electrons. The zero-order valence-electron chi connectivity index (χ0n) is 52.0. The molecule has 0 radical (unpaired) electrons. The molecule has 0 rings (SSSR count). The van der Waals surface area contributed by atoms with Crippen LogP contribution in [0.15, 0.2) is 36.5 Å². The summed E-state index contributed by atoms with van der Waals surface area (Å²) in [5.74, 6) is -0.858. The van der Waals surface area contributed by atoms with Crippen molar-refractivity contribution in [1.29, 1.82) is 0 Å². The van der Waals surface area contributed by atoms with Gasteiger partial charge in [0, 0.05) is 19.3 Å². The van der Waals surface area contributed by atoms with Gasteiger partial charge in [0.2, 0.25) is 0 Å². The Hall–Kier alpha value is -2.37. The topological polar surface area (TPSA) is 78.9 Å². The maximum Gasteiger partial charge on any atom is 0.306 e. The molecule has 0 N–H and O–H groups in total. The van der Waals surface area contributed by atoms with Crippen molar-refractivity contribution in [3.8, 4) is 0 Å². The molecule has 0 amide bonds. The Bertz CT molecular complexity index is 1290. The van der Waals surface area contributed by atoms with Crippen LogP contribution in [0, 0.1) is 0 Å². The molecule has 1 unspecified atom stereocenters. The van der Waals surface area contributed by atoms with Gasteiger partial charge in [0.05, 0.1) is 0 Å². The molecule has 1 atom stereocenters. The van der Waals surface area contributed by atoms with Crippen molar-refractivity contribution in [2.24, 2.45) is 0 Å². The molecule has 6 heteroatoms. The number of ether oxygens (including phenoxy) is 3. The molecule has 0 aromatic carbocycles. The molecule has 0 aromatic rings. The third-order valence-corrected chi connectivity index (χ3v) is 15.6. The highest BCUT2D eigenvalue weighted by molar-refractivity contribution is 5.71. The average molecular weight is 1080 g/mol. The fraction of sp³-hybridized carbons (Fsp3) is 0.873. The van der Waals surface area contributed by atoms with E-state index >= 15 is 0 Å². The number of unbranched alkanes of at least 4 members (excludes halogenated alkanes) is 47. The van der Waals surface area contributed by atoms with E-state index in [4.69, 9.17) is 14.2 Å². The molecule has 0 saturated carbocycles. The summed E-state index contributed by atoms with van der Waals surface area (Å²) in [6, 6.07) is 0. The van der Waals surface area contributed by atoms with E-state index in [-0.39, 0.29) is 31.1 Å². The Morgan fingerprint density at radius 2 is 0.429 bits per heavy atom. The Labute approximate surface area is 480 Å². The van der Waals surface area contributed by atoms with Crippen LogP contribution in [0.1, 0.15) is 380 Å². The monoisotopic (exact) mass is 1080 g/mol. The van der Waals surface area contributed by atoms with E-state index in [0.29, 0.717) is 19.3 Å². The maximum atomic E-state index is 12.9. The van der Waals surface area contributed by atoms with Gasteiger partial charge in [-0.05, 0) is 96.3 Å². The van der Waals surface area contributed by atoms with E-state index in [9.17, 15) is 14.4 Å². The first kappa shape index (κ1) is 74.6. The lowest BCUT2D eigenvalue weighted by atomic mass is 10.0. The molecule has 0 fully saturated rings. The predicted octanol–water partition coefficient (Wildman–Crippen LogP) is 23.6. The van der Waals surface area contributed by atoms with Crippen LogP contribution in [0.5, 0.6) is 0 Å². The van der Waals surface area contributed by atoms with Gasteiger partial charge in [-0.1, -0.05) is 301 Å². The van der Waals surface area contributed by atoms with E-state index in [1.165, 1.54) is 276 Å². The van der Waals surface area contributed by atoms with Gasteiger partial charge in [-0.2, -0.15) is 0 Å². The first-order valence-corrected chi connectivity index (χ1v) is 34.5. The van der Waals surface area contributed by atoms with Crippen molar-refractivity contribution in [2.75, 3.05) is 13.2 Å². The van der Waals surface area contributed by atoms with E-state index in [1.807, 2.05) is 0 Å². The molecular weight excluding hydrogens is 949 g/mol. The second-order valence-electron chi connectivity index (χ2n) is 23.4. The average Bonchev–Trinajstić information content (AvgIpc) is 3.43. The molecule has 0 aromatic heterocycles. The Morgan fingerprint density at radius 3 is 0.662 bits per heavy atom. The molecular formula is C71H132O6. The smallest absolute Gasteiger partial charge is 0.306 e. The summed E-state index contributed by atoms with van der Waals surface area (Å²) in [5.41, 5.74) is 0. The van der Waals surface area contributed by atoms with Crippen LogP contribution in [0.2, 0.25) is 0 Å². The van der Waals surface area contributed by atoms with Gasteiger partial charge in [0.1, 0.15) is 13.2 Å². The lowest BCUT2D eigenvalue weighted by molar-refractivity contribution is -0.167. The number of allylic oxidation sites excluding steroid dienone is 6. The number of esters is 3. The summed E-state index contributed by atoms with van der Waals surface area (Å²) >= 11 is 0.